The highest BCUT2D eigenvalue weighted by atomic mass is 32.2. The van der Waals surface area contributed by atoms with Gasteiger partial charge in [-0.1, -0.05) is 0 Å². The number of carbonyl (C=O) groups excluding carboxylic acids is 1. The fraction of sp³-hybridized carbons (Fsp3) is 0.778. The van der Waals surface area contributed by atoms with Gasteiger partial charge in [-0.15, -0.1) is 0 Å². The largest absolute Gasteiger partial charge is 0.481 e. The number of aliphatic carboxylic acids is 1. The van der Waals surface area contributed by atoms with Gasteiger partial charge in [0.25, 0.3) is 0 Å². The number of hydrogen-bond acceptors (Lipinski definition) is 4. The third-order valence-corrected chi connectivity index (χ3v) is 4.78. The van der Waals surface area contributed by atoms with Crippen molar-refractivity contribution in [3.05, 3.63) is 0 Å². The number of amides is 1. The highest BCUT2D eigenvalue weighted by molar-refractivity contribution is 7.93. The molecule has 1 amide bonds. The molecule has 16 heavy (non-hydrogen) atoms. The molecule has 1 N–H and O–H groups in total. The molecule has 0 aromatic heterocycles. The van der Waals surface area contributed by atoms with Gasteiger partial charge in [0.1, 0.15) is 5.25 Å². The quantitative estimate of drug-likeness (QED) is 0.727. The topological polar surface area (TPSA) is 91.7 Å². The Kier molecular flexibility index (Phi) is 4.92. The summed E-state index contributed by atoms with van der Waals surface area (Å²) in [5.74, 6) is -1.74. The Morgan fingerprint density at radius 3 is 2.00 bits per heavy atom. The molecule has 6 nitrogen and oxygen atoms in total. The van der Waals surface area contributed by atoms with Gasteiger partial charge < -0.3 is 10.0 Å². The maximum absolute atomic E-state index is 11.8. The van der Waals surface area contributed by atoms with Crippen LogP contribution in [0.4, 0.5) is 0 Å². The van der Waals surface area contributed by atoms with E-state index in [2.05, 4.69) is 0 Å². The standard InChI is InChI=1S/C9H17NO5S/c1-6(5-8(11)12)16(14,15)7(2)9(13)10(3)4/h6-7H,5H2,1-4H3,(H,11,12). The van der Waals surface area contributed by atoms with Gasteiger partial charge in [-0.25, -0.2) is 8.42 Å². The Labute approximate surface area is 95.2 Å². The van der Waals surface area contributed by atoms with Gasteiger partial charge in [-0.2, -0.15) is 0 Å². The molecule has 0 radical (unpaired) electrons. The van der Waals surface area contributed by atoms with Crippen LogP contribution in [0.15, 0.2) is 0 Å². The van der Waals surface area contributed by atoms with E-state index in [0.29, 0.717) is 0 Å². The zero-order valence-electron chi connectivity index (χ0n) is 9.80. The van der Waals surface area contributed by atoms with E-state index in [-0.39, 0.29) is 0 Å². The van der Waals surface area contributed by atoms with E-state index < -0.39 is 38.6 Å². The van der Waals surface area contributed by atoms with Gasteiger partial charge in [0.2, 0.25) is 5.91 Å². The van der Waals surface area contributed by atoms with Crippen LogP contribution in [0.3, 0.4) is 0 Å². The second-order valence-corrected chi connectivity index (χ2v) is 6.56. The lowest BCUT2D eigenvalue weighted by atomic mass is 10.3. The molecule has 94 valence electrons. The maximum atomic E-state index is 11.8. The number of hydrogen-bond donors (Lipinski definition) is 1. The van der Waals surface area contributed by atoms with Gasteiger partial charge in [0, 0.05) is 14.1 Å². The molecule has 2 atom stereocenters. The van der Waals surface area contributed by atoms with Crippen LogP contribution in [0.2, 0.25) is 0 Å². The van der Waals surface area contributed by atoms with Gasteiger partial charge in [0.15, 0.2) is 9.84 Å². The third kappa shape index (κ3) is 3.48. The van der Waals surface area contributed by atoms with E-state index in [9.17, 15) is 18.0 Å². The van der Waals surface area contributed by atoms with Crippen LogP contribution in [0.25, 0.3) is 0 Å². The molecule has 0 aromatic rings. The Balaban J connectivity index is 4.92. The van der Waals surface area contributed by atoms with Crippen molar-refractivity contribution in [2.75, 3.05) is 14.1 Å². The van der Waals surface area contributed by atoms with Gasteiger partial charge in [-0.05, 0) is 13.8 Å². The van der Waals surface area contributed by atoms with E-state index in [0.717, 1.165) is 0 Å². The van der Waals surface area contributed by atoms with Crippen molar-refractivity contribution < 1.29 is 23.1 Å². The molecule has 7 heteroatoms. The van der Waals surface area contributed by atoms with Crippen LogP contribution in [0, 0.1) is 0 Å². The molecular weight excluding hydrogens is 234 g/mol. The summed E-state index contributed by atoms with van der Waals surface area (Å²) in [7, 11) is -0.841. The van der Waals surface area contributed by atoms with Crippen LogP contribution in [-0.2, 0) is 19.4 Å². The summed E-state index contributed by atoms with van der Waals surface area (Å²) in [5, 5.41) is 6.24. The summed E-state index contributed by atoms with van der Waals surface area (Å²) in [6, 6.07) is 0. The molecule has 0 aromatic carbocycles. The van der Waals surface area contributed by atoms with Crippen LogP contribution in [-0.4, -0.2) is 54.9 Å². The normalized spacial score (nSPS) is 15.2. The molecular formula is C9H17NO5S. The van der Waals surface area contributed by atoms with Gasteiger partial charge >= 0.3 is 5.97 Å². The Morgan fingerprint density at radius 2 is 1.69 bits per heavy atom. The molecule has 0 bridgehead atoms. The molecule has 2 unspecified atom stereocenters. The maximum Gasteiger partial charge on any atom is 0.304 e. The van der Waals surface area contributed by atoms with Gasteiger partial charge in [0.05, 0.1) is 11.7 Å². The van der Waals surface area contributed by atoms with Crippen molar-refractivity contribution in [1.29, 1.82) is 0 Å². The summed E-state index contributed by atoms with van der Waals surface area (Å²) >= 11 is 0. The summed E-state index contributed by atoms with van der Waals surface area (Å²) in [4.78, 5) is 23.1. The first kappa shape index (κ1) is 14.9. The highest BCUT2D eigenvalue weighted by Gasteiger charge is 2.34. The zero-order valence-corrected chi connectivity index (χ0v) is 10.6. The zero-order chi connectivity index (χ0) is 13.1. The lowest BCUT2D eigenvalue weighted by Crippen LogP contribution is -2.41. The Morgan fingerprint density at radius 1 is 1.25 bits per heavy atom. The fourth-order valence-electron chi connectivity index (χ4n) is 1.21. The SMILES string of the molecule is CC(CC(=O)O)S(=O)(=O)C(C)C(=O)N(C)C. The minimum absolute atomic E-state index is 0.493. The second-order valence-electron chi connectivity index (χ2n) is 3.87. The average Bonchev–Trinajstić information content (AvgIpc) is 2.14. The summed E-state index contributed by atoms with van der Waals surface area (Å²) in [6.07, 6.45) is -0.493. The number of carboxylic acids is 1. The van der Waals surface area contributed by atoms with Crippen LogP contribution >= 0.6 is 0 Å². The molecule has 0 fully saturated rings. The lowest BCUT2D eigenvalue weighted by Gasteiger charge is -2.20. The molecule has 0 saturated heterocycles. The van der Waals surface area contributed by atoms with E-state index in [4.69, 9.17) is 5.11 Å². The molecule has 0 aliphatic heterocycles. The molecule has 0 aliphatic carbocycles. The molecule has 0 spiro atoms. The first-order valence-electron chi connectivity index (χ1n) is 4.76. The number of sulfone groups is 1. The van der Waals surface area contributed by atoms with E-state index in [1.807, 2.05) is 0 Å². The predicted molar refractivity (Wildman–Crippen MR) is 58.8 cm³/mol. The number of nitrogens with zero attached hydrogens (tertiary/aromatic N) is 1. The van der Waals surface area contributed by atoms with Crippen molar-refractivity contribution in [3.63, 3.8) is 0 Å². The monoisotopic (exact) mass is 251 g/mol. The van der Waals surface area contributed by atoms with Crippen LogP contribution in [0.5, 0.6) is 0 Å². The minimum Gasteiger partial charge on any atom is -0.481 e. The predicted octanol–water partition coefficient (Wildman–Crippen LogP) is -0.259. The first-order valence-corrected chi connectivity index (χ1v) is 6.37. The summed E-state index contributed by atoms with van der Waals surface area (Å²) in [6.45, 7) is 2.57. The molecule has 0 heterocycles. The summed E-state index contributed by atoms with van der Waals surface area (Å²) < 4.78 is 23.6. The Hall–Kier alpha value is -1.11. The smallest absolute Gasteiger partial charge is 0.304 e. The second kappa shape index (κ2) is 5.29. The number of carboxylic acid groups (broad SMARTS) is 1. The van der Waals surface area contributed by atoms with Crippen molar-refractivity contribution in [2.45, 2.75) is 30.8 Å². The lowest BCUT2D eigenvalue weighted by molar-refractivity contribution is -0.137. The average molecular weight is 251 g/mol. The van der Waals surface area contributed by atoms with E-state index >= 15 is 0 Å². The molecule has 0 saturated carbocycles. The number of rotatable bonds is 5. The molecule has 0 aliphatic rings. The van der Waals surface area contributed by atoms with Gasteiger partial charge in [-0.3, -0.25) is 9.59 Å². The third-order valence-electron chi connectivity index (χ3n) is 2.30. The van der Waals surface area contributed by atoms with E-state index in [1.54, 1.807) is 0 Å². The Bertz CT molecular complexity index is 373. The highest BCUT2D eigenvalue weighted by Crippen LogP contribution is 2.14. The fourth-order valence-corrected chi connectivity index (χ4v) is 2.78. The summed E-state index contributed by atoms with van der Waals surface area (Å²) in [5.41, 5.74) is 0. The number of carbonyl (C=O) groups is 2. The first-order chi connectivity index (χ1) is 7.10. The van der Waals surface area contributed by atoms with E-state index in [1.165, 1.54) is 32.8 Å². The van der Waals surface area contributed by atoms with Crippen LogP contribution in [0.1, 0.15) is 20.3 Å². The van der Waals surface area contributed by atoms with Crippen LogP contribution < -0.4 is 0 Å². The van der Waals surface area contributed by atoms with Crippen molar-refractivity contribution in [1.82, 2.24) is 4.90 Å². The molecule has 0 rings (SSSR count). The van der Waals surface area contributed by atoms with Crippen molar-refractivity contribution in [3.8, 4) is 0 Å². The van der Waals surface area contributed by atoms with Crippen molar-refractivity contribution in [2.24, 2.45) is 0 Å². The minimum atomic E-state index is -3.75. The van der Waals surface area contributed by atoms with Crippen molar-refractivity contribution >= 4 is 21.7 Å².